The summed E-state index contributed by atoms with van der Waals surface area (Å²) < 4.78 is 11.3. The van der Waals surface area contributed by atoms with Crippen LogP contribution in [0.25, 0.3) is 0 Å². The van der Waals surface area contributed by atoms with Crippen LogP contribution in [-0.2, 0) is 9.47 Å². The predicted octanol–water partition coefficient (Wildman–Crippen LogP) is 2.45. The Morgan fingerprint density at radius 2 is 2.14 bits per heavy atom. The first-order valence-corrected chi connectivity index (χ1v) is 10.9. The number of methoxy groups -OCH3 is 1. The molecule has 1 amide bonds. The number of esters is 1. The second-order valence-electron chi connectivity index (χ2n) is 6.72. The summed E-state index contributed by atoms with van der Waals surface area (Å²) >= 11 is 4.62. The number of imidazole rings is 1. The molecule has 0 radical (unpaired) electrons. The third-order valence-electron chi connectivity index (χ3n) is 4.74. The van der Waals surface area contributed by atoms with Gasteiger partial charge in [0.2, 0.25) is 0 Å². The summed E-state index contributed by atoms with van der Waals surface area (Å²) in [5.74, 6) is -0.352. The van der Waals surface area contributed by atoms with Crippen LogP contribution in [0.2, 0.25) is 0 Å². The number of piperidine rings is 1. The van der Waals surface area contributed by atoms with E-state index in [9.17, 15) is 9.59 Å². The van der Waals surface area contributed by atoms with E-state index in [0.717, 1.165) is 10.8 Å². The van der Waals surface area contributed by atoms with Crippen molar-refractivity contribution in [3.05, 3.63) is 26.7 Å². The number of ether oxygens (including phenoxy) is 2. The molecule has 0 spiro atoms. The maximum atomic E-state index is 12.5. The SMILES string of the molecule is CCOC(=O)c1sc(N2CCC(NC(=O)c3nc(Br)c(C)[nH]3)C(OC)C2)nc1C. The predicted molar refractivity (Wildman–Crippen MR) is 113 cm³/mol. The summed E-state index contributed by atoms with van der Waals surface area (Å²) in [5, 5.41) is 3.76. The Morgan fingerprint density at radius 3 is 2.76 bits per heavy atom. The second kappa shape index (κ2) is 9.23. The van der Waals surface area contributed by atoms with Crippen molar-refractivity contribution in [1.29, 1.82) is 0 Å². The highest BCUT2D eigenvalue weighted by Gasteiger charge is 2.33. The average Bonchev–Trinajstić information content (AvgIpc) is 3.24. The summed E-state index contributed by atoms with van der Waals surface area (Å²) in [6.07, 6.45) is 0.459. The van der Waals surface area contributed by atoms with Gasteiger partial charge in [0.1, 0.15) is 9.48 Å². The number of thiazole rings is 1. The van der Waals surface area contributed by atoms with Crippen LogP contribution in [0.4, 0.5) is 5.13 Å². The van der Waals surface area contributed by atoms with E-state index in [0.29, 0.717) is 41.3 Å². The summed E-state index contributed by atoms with van der Waals surface area (Å²) in [5.41, 5.74) is 1.46. The van der Waals surface area contributed by atoms with Crippen molar-refractivity contribution in [3.8, 4) is 0 Å². The highest BCUT2D eigenvalue weighted by molar-refractivity contribution is 9.10. The quantitative estimate of drug-likeness (QED) is 0.604. The summed E-state index contributed by atoms with van der Waals surface area (Å²) in [6, 6.07) is -0.154. The van der Waals surface area contributed by atoms with E-state index in [-0.39, 0.29) is 29.8 Å². The third kappa shape index (κ3) is 4.78. The number of aryl methyl sites for hydroxylation is 2. The van der Waals surface area contributed by atoms with Crippen LogP contribution in [0.3, 0.4) is 0 Å². The summed E-state index contributed by atoms with van der Waals surface area (Å²) in [6.45, 7) is 6.98. The van der Waals surface area contributed by atoms with Gasteiger partial charge in [-0.15, -0.1) is 0 Å². The molecule has 0 aromatic carbocycles. The Hall–Kier alpha value is -1.98. The second-order valence-corrected chi connectivity index (χ2v) is 8.45. The molecule has 11 heteroatoms. The molecule has 1 saturated heterocycles. The number of anilines is 1. The molecular weight excluding hydrogens is 462 g/mol. The Bertz CT molecular complexity index is 879. The smallest absolute Gasteiger partial charge is 0.350 e. The van der Waals surface area contributed by atoms with E-state index in [1.165, 1.54) is 11.3 Å². The van der Waals surface area contributed by atoms with E-state index < -0.39 is 0 Å². The fourth-order valence-corrected chi connectivity index (χ4v) is 4.45. The van der Waals surface area contributed by atoms with Gasteiger partial charge in [-0.3, -0.25) is 4.79 Å². The third-order valence-corrected chi connectivity index (χ3v) is 6.71. The zero-order valence-corrected chi connectivity index (χ0v) is 19.1. The lowest BCUT2D eigenvalue weighted by Crippen LogP contribution is -2.55. The molecule has 158 valence electrons. The normalized spacial score (nSPS) is 19.3. The number of halogens is 1. The number of hydrogen-bond donors (Lipinski definition) is 2. The number of rotatable bonds is 6. The maximum absolute atomic E-state index is 12.5. The van der Waals surface area contributed by atoms with E-state index in [1.807, 2.05) is 6.92 Å². The van der Waals surface area contributed by atoms with Crippen molar-refractivity contribution < 1.29 is 19.1 Å². The van der Waals surface area contributed by atoms with Crippen molar-refractivity contribution in [2.45, 2.75) is 39.3 Å². The molecule has 29 heavy (non-hydrogen) atoms. The first kappa shape index (κ1) is 21.7. The van der Waals surface area contributed by atoms with Crippen molar-refractivity contribution in [1.82, 2.24) is 20.3 Å². The number of aromatic nitrogens is 3. The van der Waals surface area contributed by atoms with E-state index in [2.05, 4.69) is 41.1 Å². The number of amides is 1. The summed E-state index contributed by atoms with van der Waals surface area (Å²) in [4.78, 5) is 38.8. The lowest BCUT2D eigenvalue weighted by atomic mass is 10.0. The van der Waals surface area contributed by atoms with E-state index >= 15 is 0 Å². The molecule has 1 fully saturated rings. The largest absolute Gasteiger partial charge is 0.462 e. The van der Waals surface area contributed by atoms with Crippen molar-refractivity contribution in [2.75, 3.05) is 31.7 Å². The first-order valence-electron chi connectivity index (χ1n) is 9.29. The Balaban J connectivity index is 1.67. The maximum Gasteiger partial charge on any atom is 0.350 e. The molecule has 2 unspecified atom stereocenters. The highest BCUT2D eigenvalue weighted by Crippen LogP contribution is 2.29. The zero-order valence-electron chi connectivity index (χ0n) is 16.7. The minimum atomic E-state index is -0.348. The van der Waals surface area contributed by atoms with Crippen LogP contribution < -0.4 is 10.2 Å². The van der Waals surface area contributed by atoms with Crippen molar-refractivity contribution >= 4 is 44.3 Å². The van der Waals surface area contributed by atoms with Gasteiger partial charge in [0.25, 0.3) is 5.91 Å². The number of aromatic amines is 1. The lowest BCUT2D eigenvalue weighted by molar-refractivity contribution is 0.0530. The molecule has 3 rings (SSSR count). The van der Waals surface area contributed by atoms with Crippen molar-refractivity contribution in [3.63, 3.8) is 0 Å². The van der Waals surface area contributed by atoms with Gasteiger partial charge in [-0.05, 0) is 43.1 Å². The van der Waals surface area contributed by atoms with Crippen LogP contribution in [0, 0.1) is 13.8 Å². The Labute approximate surface area is 181 Å². The molecule has 2 N–H and O–H groups in total. The highest BCUT2D eigenvalue weighted by atomic mass is 79.9. The number of nitrogens with one attached hydrogen (secondary N) is 2. The van der Waals surface area contributed by atoms with Crippen LogP contribution in [0.15, 0.2) is 4.60 Å². The molecular formula is C18H24BrN5O4S. The molecule has 2 atom stereocenters. The van der Waals surface area contributed by atoms with Gasteiger partial charge in [0.15, 0.2) is 11.0 Å². The lowest BCUT2D eigenvalue weighted by Gasteiger charge is -2.37. The first-order chi connectivity index (χ1) is 13.8. The molecule has 0 bridgehead atoms. The van der Waals surface area contributed by atoms with Gasteiger partial charge in [-0.2, -0.15) is 0 Å². The fraction of sp³-hybridized carbons (Fsp3) is 0.556. The van der Waals surface area contributed by atoms with Gasteiger partial charge in [0, 0.05) is 25.9 Å². The number of H-pyrrole nitrogens is 1. The molecule has 2 aromatic heterocycles. The molecule has 1 aliphatic rings. The topological polar surface area (TPSA) is 109 Å². The molecule has 9 nitrogen and oxygen atoms in total. The fourth-order valence-electron chi connectivity index (χ4n) is 3.18. The van der Waals surface area contributed by atoms with Crippen LogP contribution in [-0.4, -0.2) is 65.8 Å². The number of carbonyl (C=O) groups excluding carboxylic acids is 2. The van der Waals surface area contributed by atoms with Gasteiger partial charge >= 0.3 is 5.97 Å². The molecule has 3 heterocycles. The number of nitrogens with zero attached hydrogens (tertiary/aromatic N) is 3. The Kier molecular flexibility index (Phi) is 6.91. The molecule has 0 aliphatic carbocycles. The average molecular weight is 486 g/mol. The minimum Gasteiger partial charge on any atom is -0.462 e. The van der Waals surface area contributed by atoms with Gasteiger partial charge in [-0.1, -0.05) is 11.3 Å². The molecule has 1 aliphatic heterocycles. The van der Waals surface area contributed by atoms with Gasteiger partial charge in [-0.25, -0.2) is 14.8 Å². The van der Waals surface area contributed by atoms with Gasteiger partial charge < -0.3 is 24.7 Å². The molecule has 0 saturated carbocycles. The monoisotopic (exact) mass is 485 g/mol. The molecule has 2 aromatic rings. The van der Waals surface area contributed by atoms with Crippen LogP contribution in [0.5, 0.6) is 0 Å². The Morgan fingerprint density at radius 1 is 1.38 bits per heavy atom. The van der Waals surface area contributed by atoms with E-state index in [1.54, 1.807) is 21.0 Å². The standard InChI is InChI=1S/C18H24BrN5O4S/c1-5-28-17(26)13-9(2)21-18(29-13)24-7-6-11(12(8-24)27-4)22-16(25)15-20-10(3)14(19)23-15/h11-12H,5-8H2,1-4H3,(H,20,23)(H,22,25). The number of carbonyl (C=O) groups is 2. The van der Waals surface area contributed by atoms with Gasteiger partial charge in [0.05, 0.1) is 24.4 Å². The number of hydrogen-bond acceptors (Lipinski definition) is 8. The van der Waals surface area contributed by atoms with E-state index in [4.69, 9.17) is 9.47 Å². The van der Waals surface area contributed by atoms with Crippen molar-refractivity contribution in [2.24, 2.45) is 0 Å². The van der Waals surface area contributed by atoms with Crippen LogP contribution in [0.1, 0.15) is 45.0 Å². The van der Waals surface area contributed by atoms with Crippen LogP contribution >= 0.6 is 27.3 Å². The zero-order chi connectivity index (χ0) is 21.1. The minimum absolute atomic E-state index is 0.154. The summed E-state index contributed by atoms with van der Waals surface area (Å²) in [7, 11) is 1.62.